The van der Waals surface area contributed by atoms with Crippen molar-refractivity contribution in [3.05, 3.63) is 12.2 Å². The zero-order valence-corrected chi connectivity index (χ0v) is 19.6. The molecule has 0 aromatic carbocycles. The monoisotopic (exact) mass is 436 g/mol. The molecule has 0 saturated heterocycles. The van der Waals surface area contributed by atoms with E-state index >= 15 is 0 Å². The third-order valence-electron chi connectivity index (χ3n) is 9.75. The van der Waals surface area contributed by atoms with E-state index in [1.165, 1.54) is 0 Å². The summed E-state index contributed by atoms with van der Waals surface area (Å²) in [5.41, 5.74) is -0.589. The van der Waals surface area contributed by atoms with Gasteiger partial charge in [-0.3, -0.25) is 13.8 Å². The van der Waals surface area contributed by atoms with Crippen LogP contribution in [0.25, 0.3) is 0 Å². The summed E-state index contributed by atoms with van der Waals surface area (Å²) in [5.74, 6) is -0.396. The van der Waals surface area contributed by atoms with Crippen LogP contribution in [0.2, 0.25) is 0 Å². The largest absolute Gasteiger partial charge is 0.298 e. The lowest BCUT2D eigenvalue weighted by Gasteiger charge is -2.69. The number of hydrogen-bond acceptors (Lipinski definition) is 5. The highest BCUT2D eigenvalue weighted by Gasteiger charge is 2.73. The maximum Gasteiger partial charge on any atom is 0.264 e. The minimum Gasteiger partial charge on any atom is -0.298 e. The lowest BCUT2D eigenvalue weighted by Crippen LogP contribution is -2.70. The maximum atomic E-state index is 14.2. The van der Waals surface area contributed by atoms with Gasteiger partial charge in [0.1, 0.15) is 0 Å². The summed E-state index contributed by atoms with van der Waals surface area (Å²) in [6.07, 6.45) is 8.31. The molecule has 0 amide bonds. The van der Waals surface area contributed by atoms with Crippen molar-refractivity contribution in [2.75, 3.05) is 12.9 Å². The van der Waals surface area contributed by atoms with Gasteiger partial charge in [0.2, 0.25) is 0 Å². The van der Waals surface area contributed by atoms with Gasteiger partial charge < -0.3 is 0 Å². The normalized spacial score (nSPS) is 45.9. The minimum atomic E-state index is -3.68. The van der Waals surface area contributed by atoms with Crippen LogP contribution in [0.5, 0.6) is 0 Å². The average molecular weight is 437 g/mol. The van der Waals surface area contributed by atoms with E-state index in [1.807, 2.05) is 0 Å². The van der Waals surface area contributed by atoms with Crippen LogP contribution >= 0.6 is 0 Å². The second-order valence-corrected chi connectivity index (χ2v) is 12.4. The molecule has 5 rings (SSSR count). The number of carbonyl (C=O) groups excluding carboxylic acids is 2. The van der Waals surface area contributed by atoms with Gasteiger partial charge in [0, 0.05) is 5.92 Å². The van der Waals surface area contributed by atoms with Crippen LogP contribution in [0.4, 0.5) is 0 Å². The molecule has 2 bridgehead atoms. The Balaban J connectivity index is 1.91. The van der Waals surface area contributed by atoms with Gasteiger partial charge in [-0.1, -0.05) is 40.2 Å². The highest BCUT2D eigenvalue weighted by Crippen LogP contribution is 2.72. The van der Waals surface area contributed by atoms with Gasteiger partial charge in [0.15, 0.2) is 11.6 Å². The number of fused-ring (bicyclic) bond motifs is 3. The highest BCUT2D eigenvalue weighted by molar-refractivity contribution is 7.85. The van der Waals surface area contributed by atoms with E-state index in [-0.39, 0.29) is 46.8 Å². The minimum absolute atomic E-state index is 0.0408. The van der Waals surface area contributed by atoms with Crippen molar-refractivity contribution < 1.29 is 22.2 Å². The van der Waals surface area contributed by atoms with Crippen molar-refractivity contribution in [3.8, 4) is 0 Å². The number of carbonyl (C=O) groups is 2. The Morgan fingerprint density at radius 1 is 1.13 bits per heavy atom. The molecule has 0 aromatic rings. The average Bonchev–Trinajstić information content (AvgIpc) is 2.71. The summed E-state index contributed by atoms with van der Waals surface area (Å²) in [4.78, 5) is 27.8. The number of rotatable bonds is 5. The molecule has 0 radical (unpaired) electrons. The summed E-state index contributed by atoms with van der Waals surface area (Å²) in [7, 11) is -3.68. The Bertz CT molecular complexity index is 891. The molecule has 0 N–H and O–H groups in total. The van der Waals surface area contributed by atoms with Crippen molar-refractivity contribution >= 4 is 21.7 Å². The fourth-order valence-electron chi connectivity index (χ4n) is 8.37. The van der Waals surface area contributed by atoms with Crippen LogP contribution in [0, 0.1) is 39.9 Å². The molecular formula is C24H36O5S. The van der Waals surface area contributed by atoms with E-state index in [4.69, 9.17) is 4.18 Å². The topological polar surface area (TPSA) is 77.5 Å². The summed E-state index contributed by atoms with van der Waals surface area (Å²) in [6, 6.07) is 0. The van der Waals surface area contributed by atoms with E-state index < -0.39 is 21.5 Å². The summed E-state index contributed by atoms with van der Waals surface area (Å²) in [5, 5.41) is 0. The molecule has 5 aliphatic carbocycles. The predicted molar refractivity (Wildman–Crippen MR) is 115 cm³/mol. The van der Waals surface area contributed by atoms with Gasteiger partial charge in [-0.15, -0.1) is 0 Å². The number of ketones is 2. The fraction of sp³-hybridized carbons (Fsp3) is 0.833. The van der Waals surface area contributed by atoms with Crippen LogP contribution in [-0.4, -0.2) is 32.8 Å². The zero-order valence-electron chi connectivity index (χ0n) is 18.8. The molecule has 5 fully saturated rings. The Morgan fingerprint density at radius 3 is 2.43 bits per heavy atom. The van der Waals surface area contributed by atoms with Gasteiger partial charge in [-0.2, -0.15) is 8.42 Å². The van der Waals surface area contributed by atoms with Crippen LogP contribution in [0.1, 0.15) is 72.1 Å². The zero-order chi connectivity index (χ0) is 22.1. The van der Waals surface area contributed by atoms with Gasteiger partial charge in [-0.25, -0.2) is 0 Å². The standard InChI is InChI=1S/C24H36O5S/c1-6-22(4)10-8-11-23(7-2)18-13-16-9-12-24(18,20(25)15(16)3)21(26)17(19(22)23)14-29-30(5,27)28/h16-19H,3,6-14H2,1-2,4-5H3/t16-,17-,18?,19?,22+,23-,24?/m0/s1. The number of hydrogen-bond donors (Lipinski definition) is 0. The van der Waals surface area contributed by atoms with Crippen LogP contribution in [0.3, 0.4) is 0 Å². The smallest absolute Gasteiger partial charge is 0.264 e. The van der Waals surface area contributed by atoms with Gasteiger partial charge in [-0.05, 0) is 72.7 Å². The lowest BCUT2D eigenvalue weighted by molar-refractivity contribution is -0.206. The maximum absolute atomic E-state index is 14.2. The van der Waals surface area contributed by atoms with E-state index in [0.717, 1.165) is 51.2 Å². The molecule has 7 atom stereocenters. The third kappa shape index (κ3) is 2.78. The second-order valence-electron chi connectivity index (χ2n) is 10.7. The quantitative estimate of drug-likeness (QED) is 0.364. The molecule has 1 spiro atoms. The third-order valence-corrected chi connectivity index (χ3v) is 10.3. The second kappa shape index (κ2) is 6.99. The van der Waals surface area contributed by atoms with Crippen molar-refractivity contribution in [1.29, 1.82) is 0 Å². The molecule has 5 aliphatic rings. The van der Waals surface area contributed by atoms with Crippen LogP contribution in [0.15, 0.2) is 12.2 Å². The van der Waals surface area contributed by atoms with Gasteiger partial charge >= 0.3 is 0 Å². The van der Waals surface area contributed by atoms with Crippen LogP contribution < -0.4 is 0 Å². The predicted octanol–water partition coefficient (Wildman–Crippen LogP) is 4.32. The molecular weight excluding hydrogens is 400 g/mol. The Hall–Kier alpha value is -1.01. The molecule has 6 heteroatoms. The number of allylic oxidation sites excluding steroid dienone is 1. The first-order valence-electron chi connectivity index (χ1n) is 11.6. The molecule has 30 heavy (non-hydrogen) atoms. The van der Waals surface area contributed by atoms with Gasteiger partial charge in [0.25, 0.3) is 10.1 Å². The van der Waals surface area contributed by atoms with Crippen molar-refractivity contribution in [3.63, 3.8) is 0 Å². The Labute approximate surface area is 181 Å². The van der Waals surface area contributed by atoms with Crippen molar-refractivity contribution in [2.45, 2.75) is 72.1 Å². The summed E-state index contributed by atoms with van der Waals surface area (Å²) in [6.45, 7) is 10.6. The Morgan fingerprint density at radius 2 is 1.83 bits per heavy atom. The molecule has 3 unspecified atom stereocenters. The number of Topliss-reactive ketones (excluding diaryl/α,β-unsaturated/α-hetero) is 2. The SMILES string of the molecule is C=C1C(=O)C23CC[C@H]1CC2[C@]1(CC)CCC[C@@](C)(CC)C1[C@H](COS(C)(=O)=O)C3=O. The molecule has 0 heterocycles. The summed E-state index contributed by atoms with van der Waals surface area (Å²) < 4.78 is 29.0. The first-order chi connectivity index (χ1) is 14.0. The van der Waals surface area contributed by atoms with Crippen LogP contribution in [-0.2, 0) is 23.9 Å². The molecule has 0 aromatic heterocycles. The van der Waals surface area contributed by atoms with E-state index in [2.05, 4.69) is 27.4 Å². The van der Waals surface area contributed by atoms with E-state index in [9.17, 15) is 18.0 Å². The van der Waals surface area contributed by atoms with E-state index in [0.29, 0.717) is 12.0 Å². The van der Waals surface area contributed by atoms with Crippen molar-refractivity contribution in [2.24, 2.45) is 39.9 Å². The highest BCUT2D eigenvalue weighted by atomic mass is 32.2. The molecule has 5 saturated carbocycles. The van der Waals surface area contributed by atoms with Gasteiger partial charge in [0.05, 0.1) is 18.3 Å². The molecule has 168 valence electrons. The first-order valence-corrected chi connectivity index (χ1v) is 13.4. The van der Waals surface area contributed by atoms with E-state index in [1.54, 1.807) is 0 Å². The fourth-order valence-corrected chi connectivity index (χ4v) is 8.76. The molecule has 5 nitrogen and oxygen atoms in total. The lowest BCUT2D eigenvalue weighted by atomic mass is 9.33. The summed E-state index contributed by atoms with van der Waals surface area (Å²) >= 11 is 0. The first kappa shape index (κ1) is 22.2. The van der Waals surface area contributed by atoms with Crippen molar-refractivity contribution in [1.82, 2.24) is 0 Å². The molecule has 0 aliphatic heterocycles. The Kier molecular flexibility index (Phi) is 5.17.